The van der Waals surface area contributed by atoms with E-state index in [4.69, 9.17) is 0 Å². The number of nitrogens with one attached hydrogen (secondary N) is 2. The van der Waals surface area contributed by atoms with Gasteiger partial charge in [0.05, 0.1) is 0 Å². The topological polar surface area (TPSA) is 24.1 Å². The van der Waals surface area contributed by atoms with Crippen molar-refractivity contribution in [2.24, 2.45) is 0 Å². The van der Waals surface area contributed by atoms with Gasteiger partial charge in [0.2, 0.25) is 0 Å². The van der Waals surface area contributed by atoms with Crippen molar-refractivity contribution < 1.29 is 0 Å². The first-order valence-corrected chi connectivity index (χ1v) is 7.06. The molecule has 0 aromatic heterocycles. The lowest BCUT2D eigenvalue weighted by molar-refractivity contribution is 0.173. The molecule has 2 aliphatic rings. The number of thioether (sulfide) groups is 1. The predicted molar refractivity (Wildman–Crippen MR) is 64.0 cm³/mol. The van der Waals surface area contributed by atoms with E-state index < -0.39 is 0 Å². The van der Waals surface area contributed by atoms with E-state index in [0.29, 0.717) is 11.6 Å². The monoisotopic (exact) mass is 214 g/mol. The van der Waals surface area contributed by atoms with Crippen LogP contribution in [0.25, 0.3) is 0 Å². The Bertz CT molecular complexity index is 169. The summed E-state index contributed by atoms with van der Waals surface area (Å²) in [5.74, 6) is 2.57. The maximum Gasteiger partial charge on any atom is 0.0283 e. The molecule has 1 heterocycles. The zero-order valence-electron chi connectivity index (χ0n) is 9.14. The maximum absolute atomic E-state index is 3.78. The van der Waals surface area contributed by atoms with Crippen LogP contribution in [0.2, 0.25) is 0 Å². The highest BCUT2D eigenvalue weighted by Gasteiger charge is 2.34. The van der Waals surface area contributed by atoms with Gasteiger partial charge in [-0.05, 0) is 25.7 Å². The van der Waals surface area contributed by atoms with Crippen LogP contribution in [0.5, 0.6) is 0 Å². The molecule has 0 spiro atoms. The molecule has 1 aliphatic heterocycles. The largest absolute Gasteiger partial charge is 0.311 e. The molecular weight excluding hydrogens is 192 g/mol. The van der Waals surface area contributed by atoms with Crippen LogP contribution in [0, 0.1) is 0 Å². The molecule has 2 nitrogen and oxygen atoms in total. The van der Waals surface area contributed by atoms with Gasteiger partial charge in [-0.1, -0.05) is 6.92 Å². The molecule has 82 valence electrons. The minimum absolute atomic E-state index is 0.518. The zero-order chi connectivity index (χ0) is 9.86. The van der Waals surface area contributed by atoms with E-state index in [9.17, 15) is 0 Å². The number of hydrogen-bond donors (Lipinski definition) is 2. The summed E-state index contributed by atoms with van der Waals surface area (Å²) in [5, 5.41) is 7.36. The normalized spacial score (nSPS) is 31.1. The summed E-state index contributed by atoms with van der Waals surface area (Å²) in [6.45, 7) is 4.67. The summed E-state index contributed by atoms with van der Waals surface area (Å²) in [7, 11) is 0. The molecule has 1 saturated heterocycles. The molecule has 0 aromatic carbocycles. The molecule has 1 atom stereocenters. The zero-order valence-corrected chi connectivity index (χ0v) is 9.96. The van der Waals surface area contributed by atoms with Crippen molar-refractivity contribution in [3.8, 4) is 0 Å². The SMILES string of the molecule is CCC1(NCC2CSCCN2)CCC1. The minimum atomic E-state index is 0.518. The summed E-state index contributed by atoms with van der Waals surface area (Å²) in [5.41, 5.74) is 0.518. The first-order valence-electron chi connectivity index (χ1n) is 5.91. The lowest BCUT2D eigenvalue weighted by Crippen LogP contribution is -2.55. The Balaban J connectivity index is 1.69. The molecule has 2 rings (SSSR count). The highest BCUT2D eigenvalue weighted by molar-refractivity contribution is 7.99. The van der Waals surface area contributed by atoms with Crippen LogP contribution in [0.15, 0.2) is 0 Å². The maximum atomic E-state index is 3.78. The second-order valence-electron chi connectivity index (χ2n) is 4.59. The quantitative estimate of drug-likeness (QED) is 0.743. The van der Waals surface area contributed by atoms with Crippen LogP contribution < -0.4 is 10.6 Å². The van der Waals surface area contributed by atoms with Crippen molar-refractivity contribution in [1.29, 1.82) is 0 Å². The second kappa shape index (κ2) is 4.86. The van der Waals surface area contributed by atoms with Gasteiger partial charge in [-0.25, -0.2) is 0 Å². The third-order valence-corrected chi connectivity index (χ3v) is 4.84. The molecule has 1 aliphatic carbocycles. The third-order valence-electron chi connectivity index (χ3n) is 3.71. The molecule has 0 radical (unpaired) electrons. The summed E-state index contributed by atoms with van der Waals surface area (Å²) < 4.78 is 0. The molecule has 0 amide bonds. The van der Waals surface area contributed by atoms with Crippen molar-refractivity contribution in [2.45, 2.75) is 44.2 Å². The molecular formula is C11H22N2S. The molecule has 2 N–H and O–H groups in total. The molecule has 2 fully saturated rings. The summed E-state index contributed by atoms with van der Waals surface area (Å²) >= 11 is 2.08. The Hall–Kier alpha value is 0.270. The van der Waals surface area contributed by atoms with Gasteiger partial charge >= 0.3 is 0 Å². The van der Waals surface area contributed by atoms with Gasteiger partial charge in [-0.3, -0.25) is 0 Å². The molecule has 14 heavy (non-hydrogen) atoms. The average molecular weight is 214 g/mol. The van der Waals surface area contributed by atoms with Gasteiger partial charge in [-0.2, -0.15) is 11.8 Å². The van der Waals surface area contributed by atoms with Crippen molar-refractivity contribution in [3.63, 3.8) is 0 Å². The first kappa shape index (κ1) is 10.8. The van der Waals surface area contributed by atoms with Crippen LogP contribution in [0.1, 0.15) is 32.6 Å². The van der Waals surface area contributed by atoms with Crippen LogP contribution in [-0.4, -0.2) is 36.2 Å². The van der Waals surface area contributed by atoms with Gasteiger partial charge in [0.15, 0.2) is 0 Å². The van der Waals surface area contributed by atoms with Crippen molar-refractivity contribution in [1.82, 2.24) is 10.6 Å². The smallest absolute Gasteiger partial charge is 0.0283 e. The Morgan fingerprint density at radius 2 is 2.36 bits per heavy atom. The third kappa shape index (κ3) is 2.44. The molecule has 1 saturated carbocycles. The minimum Gasteiger partial charge on any atom is -0.311 e. The fraction of sp³-hybridized carbons (Fsp3) is 1.00. The number of hydrogen-bond acceptors (Lipinski definition) is 3. The second-order valence-corrected chi connectivity index (χ2v) is 5.74. The first-order chi connectivity index (χ1) is 6.85. The highest BCUT2D eigenvalue weighted by atomic mass is 32.2. The highest BCUT2D eigenvalue weighted by Crippen LogP contribution is 2.34. The van der Waals surface area contributed by atoms with Crippen molar-refractivity contribution in [3.05, 3.63) is 0 Å². The molecule has 3 heteroatoms. The Labute approximate surface area is 91.6 Å². The van der Waals surface area contributed by atoms with Crippen LogP contribution in [0.4, 0.5) is 0 Å². The fourth-order valence-electron chi connectivity index (χ4n) is 2.35. The lowest BCUT2D eigenvalue weighted by Gasteiger charge is -2.43. The molecule has 0 bridgehead atoms. The summed E-state index contributed by atoms with van der Waals surface area (Å²) in [6.07, 6.45) is 5.51. The number of rotatable bonds is 4. The van der Waals surface area contributed by atoms with E-state index in [-0.39, 0.29) is 0 Å². The summed E-state index contributed by atoms with van der Waals surface area (Å²) in [6, 6.07) is 0.706. The van der Waals surface area contributed by atoms with Gasteiger partial charge < -0.3 is 10.6 Å². The van der Waals surface area contributed by atoms with E-state index in [1.165, 1.54) is 50.3 Å². The molecule has 1 unspecified atom stereocenters. The van der Waals surface area contributed by atoms with E-state index in [2.05, 4.69) is 29.3 Å². The average Bonchev–Trinajstić information content (AvgIpc) is 2.19. The van der Waals surface area contributed by atoms with Crippen molar-refractivity contribution in [2.75, 3.05) is 24.6 Å². The Kier molecular flexibility index (Phi) is 3.74. The predicted octanol–water partition coefficient (Wildman–Crippen LogP) is 1.61. The standard InChI is InChI=1S/C11H22N2S/c1-2-11(4-3-5-11)13-8-10-9-14-7-6-12-10/h10,12-13H,2-9H2,1H3. The van der Waals surface area contributed by atoms with Crippen molar-refractivity contribution >= 4 is 11.8 Å². The lowest BCUT2D eigenvalue weighted by atomic mass is 9.75. The van der Waals surface area contributed by atoms with E-state index in [1.807, 2.05) is 0 Å². The Morgan fingerprint density at radius 3 is 2.86 bits per heavy atom. The van der Waals surface area contributed by atoms with E-state index >= 15 is 0 Å². The molecule has 0 aromatic rings. The van der Waals surface area contributed by atoms with E-state index in [1.54, 1.807) is 0 Å². The van der Waals surface area contributed by atoms with Gasteiger partial charge in [0, 0.05) is 36.2 Å². The van der Waals surface area contributed by atoms with Gasteiger partial charge in [-0.15, -0.1) is 0 Å². The van der Waals surface area contributed by atoms with Crippen LogP contribution in [0.3, 0.4) is 0 Å². The fourth-order valence-corrected chi connectivity index (χ4v) is 3.30. The van der Waals surface area contributed by atoms with Gasteiger partial charge in [0.25, 0.3) is 0 Å². The van der Waals surface area contributed by atoms with Crippen LogP contribution in [-0.2, 0) is 0 Å². The Morgan fingerprint density at radius 1 is 1.50 bits per heavy atom. The summed E-state index contributed by atoms with van der Waals surface area (Å²) in [4.78, 5) is 0. The van der Waals surface area contributed by atoms with Gasteiger partial charge in [0.1, 0.15) is 0 Å². The van der Waals surface area contributed by atoms with E-state index in [0.717, 1.165) is 0 Å². The van der Waals surface area contributed by atoms with Crippen LogP contribution >= 0.6 is 11.8 Å².